The molecule has 0 aliphatic carbocycles. The standard InChI is InChI=1S/C23H23NO/c1-18(17-19-11-5-2-6-12-19)24-23(25)22(20-13-7-3-8-14-20)21-15-9-4-10-16-21/h2-16,18,22H,17H2,1H3,(H,24,25). The van der Waals surface area contributed by atoms with Gasteiger partial charge in [0.2, 0.25) is 5.91 Å². The van der Waals surface area contributed by atoms with Crippen molar-refractivity contribution >= 4 is 5.91 Å². The van der Waals surface area contributed by atoms with Crippen molar-refractivity contribution in [2.75, 3.05) is 0 Å². The molecule has 2 heteroatoms. The van der Waals surface area contributed by atoms with Gasteiger partial charge in [-0.25, -0.2) is 0 Å². The maximum Gasteiger partial charge on any atom is 0.232 e. The average Bonchev–Trinajstić information content (AvgIpc) is 2.64. The Morgan fingerprint density at radius 1 is 0.760 bits per heavy atom. The Hall–Kier alpha value is -2.87. The molecule has 3 rings (SSSR count). The summed E-state index contributed by atoms with van der Waals surface area (Å²) in [7, 11) is 0. The second kappa shape index (κ2) is 8.29. The third kappa shape index (κ3) is 4.57. The Balaban J connectivity index is 1.78. The van der Waals surface area contributed by atoms with Crippen molar-refractivity contribution in [1.82, 2.24) is 5.32 Å². The zero-order valence-corrected chi connectivity index (χ0v) is 14.4. The molecule has 3 aromatic carbocycles. The molecule has 0 bridgehead atoms. The highest BCUT2D eigenvalue weighted by Gasteiger charge is 2.23. The number of rotatable bonds is 6. The molecule has 126 valence electrons. The Morgan fingerprint density at radius 3 is 1.68 bits per heavy atom. The van der Waals surface area contributed by atoms with Gasteiger partial charge in [-0.3, -0.25) is 4.79 Å². The topological polar surface area (TPSA) is 29.1 Å². The van der Waals surface area contributed by atoms with Crippen LogP contribution in [-0.2, 0) is 11.2 Å². The summed E-state index contributed by atoms with van der Waals surface area (Å²) in [6.07, 6.45) is 0.822. The summed E-state index contributed by atoms with van der Waals surface area (Å²) in [5.74, 6) is -0.249. The molecule has 0 aliphatic rings. The first-order chi connectivity index (χ1) is 12.2. The fraction of sp³-hybridized carbons (Fsp3) is 0.174. The SMILES string of the molecule is CC(Cc1ccccc1)NC(=O)C(c1ccccc1)c1ccccc1. The van der Waals surface area contributed by atoms with Crippen molar-refractivity contribution in [3.8, 4) is 0 Å². The van der Waals surface area contributed by atoms with Gasteiger partial charge >= 0.3 is 0 Å². The van der Waals surface area contributed by atoms with Gasteiger partial charge < -0.3 is 5.32 Å². The lowest BCUT2D eigenvalue weighted by molar-refractivity contribution is -0.122. The van der Waals surface area contributed by atoms with Crippen molar-refractivity contribution in [2.24, 2.45) is 0 Å². The second-order valence-electron chi connectivity index (χ2n) is 6.35. The minimum Gasteiger partial charge on any atom is -0.352 e. The molecule has 1 N–H and O–H groups in total. The smallest absolute Gasteiger partial charge is 0.232 e. The third-order valence-electron chi connectivity index (χ3n) is 4.30. The molecule has 25 heavy (non-hydrogen) atoms. The van der Waals surface area contributed by atoms with Crippen LogP contribution in [0.3, 0.4) is 0 Å². The maximum atomic E-state index is 13.0. The largest absolute Gasteiger partial charge is 0.352 e. The van der Waals surface area contributed by atoms with Gasteiger partial charge in [0, 0.05) is 6.04 Å². The van der Waals surface area contributed by atoms with Gasteiger partial charge in [-0.1, -0.05) is 91.0 Å². The molecule has 0 aliphatic heterocycles. The molecule has 1 unspecified atom stereocenters. The predicted molar refractivity (Wildman–Crippen MR) is 102 cm³/mol. The summed E-state index contributed by atoms with van der Waals surface area (Å²) in [6.45, 7) is 2.05. The Labute approximate surface area is 149 Å². The number of carbonyl (C=O) groups excluding carboxylic acids is 1. The van der Waals surface area contributed by atoms with Gasteiger partial charge in [-0.05, 0) is 30.0 Å². The number of amides is 1. The van der Waals surface area contributed by atoms with Crippen molar-refractivity contribution in [2.45, 2.75) is 25.3 Å². The van der Waals surface area contributed by atoms with Gasteiger partial charge in [0.15, 0.2) is 0 Å². The van der Waals surface area contributed by atoms with Crippen LogP contribution in [0.1, 0.15) is 29.5 Å². The summed E-state index contributed by atoms with van der Waals surface area (Å²) in [4.78, 5) is 13.0. The Bertz CT molecular complexity index is 745. The van der Waals surface area contributed by atoms with E-state index in [0.29, 0.717) is 0 Å². The van der Waals surface area contributed by atoms with Crippen molar-refractivity contribution in [3.05, 3.63) is 108 Å². The van der Waals surface area contributed by atoms with E-state index in [9.17, 15) is 4.79 Å². The molecule has 2 nitrogen and oxygen atoms in total. The van der Waals surface area contributed by atoms with Gasteiger partial charge in [-0.15, -0.1) is 0 Å². The van der Waals surface area contributed by atoms with Crippen LogP contribution in [0.4, 0.5) is 0 Å². The first-order valence-electron chi connectivity index (χ1n) is 8.68. The normalized spacial score (nSPS) is 11.9. The van der Waals surface area contributed by atoms with E-state index in [1.165, 1.54) is 5.56 Å². The van der Waals surface area contributed by atoms with E-state index < -0.39 is 0 Å². The molecule has 1 atom stereocenters. The molecule has 0 radical (unpaired) electrons. The molecule has 1 amide bonds. The van der Waals surface area contributed by atoms with E-state index in [-0.39, 0.29) is 17.9 Å². The first kappa shape index (κ1) is 17.0. The van der Waals surface area contributed by atoms with E-state index in [4.69, 9.17) is 0 Å². The quantitative estimate of drug-likeness (QED) is 0.705. The van der Waals surface area contributed by atoms with Gasteiger partial charge in [0.25, 0.3) is 0 Å². The Morgan fingerprint density at radius 2 is 1.20 bits per heavy atom. The highest BCUT2D eigenvalue weighted by Crippen LogP contribution is 2.25. The molecular formula is C23H23NO. The number of carbonyl (C=O) groups is 1. The molecule has 0 aromatic heterocycles. The van der Waals surface area contributed by atoms with E-state index >= 15 is 0 Å². The van der Waals surface area contributed by atoms with Crippen molar-refractivity contribution < 1.29 is 4.79 Å². The third-order valence-corrected chi connectivity index (χ3v) is 4.30. The van der Waals surface area contributed by atoms with Crippen LogP contribution in [0, 0.1) is 0 Å². The average molecular weight is 329 g/mol. The predicted octanol–water partition coefficient (Wildman–Crippen LogP) is 4.57. The summed E-state index contributed by atoms with van der Waals surface area (Å²) >= 11 is 0. The van der Waals surface area contributed by atoms with Crippen LogP contribution < -0.4 is 5.32 Å². The summed E-state index contributed by atoms with van der Waals surface area (Å²) in [5.41, 5.74) is 3.25. The zero-order chi connectivity index (χ0) is 17.5. The van der Waals surface area contributed by atoms with Crippen LogP contribution in [0.25, 0.3) is 0 Å². The van der Waals surface area contributed by atoms with Gasteiger partial charge in [0.05, 0.1) is 5.92 Å². The summed E-state index contributed by atoms with van der Waals surface area (Å²) in [6, 6.07) is 30.2. The summed E-state index contributed by atoms with van der Waals surface area (Å²) in [5, 5.41) is 3.19. The molecule has 0 heterocycles. The van der Waals surface area contributed by atoms with Crippen LogP contribution in [0.2, 0.25) is 0 Å². The lowest BCUT2D eigenvalue weighted by atomic mass is 9.90. The molecule has 0 saturated heterocycles. The van der Waals surface area contributed by atoms with Crippen LogP contribution >= 0.6 is 0 Å². The minimum absolute atomic E-state index is 0.0424. The molecule has 3 aromatic rings. The lowest BCUT2D eigenvalue weighted by Crippen LogP contribution is -2.37. The molecular weight excluding hydrogens is 306 g/mol. The highest BCUT2D eigenvalue weighted by atomic mass is 16.1. The monoisotopic (exact) mass is 329 g/mol. The first-order valence-corrected chi connectivity index (χ1v) is 8.68. The molecule has 0 saturated carbocycles. The summed E-state index contributed by atoms with van der Waals surface area (Å²) < 4.78 is 0. The number of hydrogen-bond acceptors (Lipinski definition) is 1. The fourth-order valence-electron chi connectivity index (χ4n) is 3.13. The molecule has 0 spiro atoms. The van der Waals surface area contributed by atoms with Crippen LogP contribution in [-0.4, -0.2) is 11.9 Å². The van der Waals surface area contributed by atoms with Crippen molar-refractivity contribution in [1.29, 1.82) is 0 Å². The van der Waals surface area contributed by atoms with E-state index in [0.717, 1.165) is 17.5 Å². The maximum absolute atomic E-state index is 13.0. The second-order valence-corrected chi connectivity index (χ2v) is 6.35. The number of hydrogen-bond donors (Lipinski definition) is 1. The number of nitrogens with one attached hydrogen (secondary N) is 1. The minimum atomic E-state index is -0.291. The van der Waals surface area contributed by atoms with Crippen molar-refractivity contribution in [3.63, 3.8) is 0 Å². The van der Waals surface area contributed by atoms with Crippen LogP contribution in [0.15, 0.2) is 91.0 Å². The fourth-order valence-corrected chi connectivity index (χ4v) is 3.13. The van der Waals surface area contributed by atoms with E-state index in [1.54, 1.807) is 0 Å². The van der Waals surface area contributed by atoms with Crippen LogP contribution in [0.5, 0.6) is 0 Å². The lowest BCUT2D eigenvalue weighted by Gasteiger charge is -2.21. The zero-order valence-electron chi connectivity index (χ0n) is 14.4. The number of benzene rings is 3. The molecule has 0 fully saturated rings. The van der Waals surface area contributed by atoms with E-state index in [1.807, 2.05) is 78.9 Å². The van der Waals surface area contributed by atoms with Gasteiger partial charge in [-0.2, -0.15) is 0 Å². The van der Waals surface area contributed by atoms with E-state index in [2.05, 4.69) is 24.4 Å². The van der Waals surface area contributed by atoms with Gasteiger partial charge in [0.1, 0.15) is 0 Å². The highest BCUT2D eigenvalue weighted by molar-refractivity contribution is 5.87. The Kier molecular flexibility index (Phi) is 5.63.